The molecule has 0 aliphatic carbocycles. The number of fused-ring (bicyclic) bond motifs is 2. The van der Waals surface area contributed by atoms with Crippen LogP contribution in [-0.2, 0) is 18.5 Å². The highest BCUT2D eigenvalue weighted by atomic mass is 19.4. The Bertz CT molecular complexity index is 2240. The maximum absolute atomic E-state index is 16.7. The lowest BCUT2D eigenvalue weighted by molar-refractivity contribution is -0.143. The minimum atomic E-state index is -5.38. The molecule has 17 heteroatoms. The summed E-state index contributed by atoms with van der Waals surface area (Å²) in [7, 11) is 0. The third-order valence-electron chi connectivity index (χ3n) is 7.24. The number of nitrogens with zero attached hydrogens (tertiary/aromatic N) is 6. The van der Waals surface area contributed by atoms with Gasteiger partial charge in [-0.15, -0.1) is 0 Å². The molecular formula is C32H9F11N6. The fourth-order valence-electron chi connectivity index (χ4n) is 5.26. The predicted octanol–water partition coefficient (Wildman–Crippen LogP) is 9.20. The molecule has 3 aromatic carbocycles. The SMILES string of the molecule is Cc1cc(C2=Nc3c(F)c4c(c(F)c3C2=C(C#N)C#N)C(=C(C#N)C#N)C(c2cc(C(F)(F)F)cc(C(F)(F)F)c2)=N4)cc(C(F)(F)F)c1. The largest absolute Gasteiger partial charge is 0.416 e. The molecule has 6 nitrogen and oxygen atoms in total. The molecule has 2 heterocycles. The standard InChI is InChI=1S/C32H9F11N6/c1-12-2-13(4-17(3-12)30(35,36)37)26-20(15(8-44)9-45)22-24(33)23-21(16(10-46)11-47)27(49-29(23)25(34)28(22)48-26)14-5-18(31(38,39)40)7-19(6-14)32(41,42)43/h2-7H,1H3. The van der Waals surface area contributed by atoms with E-state index in [1.165, 1.54) is 31.2 Å². The number of hydrogen-bond acceptors (Lipinski definition) is 6. The van der Waals surface area contributed by atoms with Crippen LogP contribution in [0.2, 0.25) is 0 Å². The molecule has 0 bridgehead atoms. The summed E-state index contributed by atoms with van der Waals surface area (Å²) in [6.07, 6.45) is -15.7. The number of hydrogen-bond donors (Lipinski definition) is 0. The Morgan fingerprint density at radius 3 is 1.22 bits per heavy atom. The molecule has 3 aromatic rings. The highest BCUT2D eigenvalue weighted by Gasteiger charge is 2.43. The summed E-state index contributed by atoms with van der Waals surface area (Å²) in [4.78, 5) is 7.60. The molecule has 0 radical (unpaired) electrons. The zero-order chi connectivity index (χ0) is 36.4. The molecular weight excluding hydrogens is 677 g/mol. The van der Waals surface area contributed by atoms with Crippen molar-refractivity contribution >= 4 is 33.9 Å². The number of allylic oxidation sites excluding steroid dienone is 4. The Morgan fingerprint density at radius 2 is 0.878 bits per heavy atom. The van der Waals surface area contributed by atoms with Gasteiger partial charge in [0.1, 0.15) is 52.6 Å². The first kappa shape index (κ1) is 34.0. The summed E-state index contributed by atoms with van der Waals surface area (Å²) in [5.41, 5.74) is -16.5. The average molecular weight is 686 g/mol. The molecule has 0 N–H and O–H groups in total. The zero-order valence-electron chi connectivity index (χ0n) is 23.8. The number of aryl methyl sites for hydroxylation is 1. The van der Waals surface area contributed by atoms with Gasteiger partial charge < -0.3 is 0 Å². The van der Waals surface area contributed by atoms with E-state index in [4.69, 9.17) is 0 Å². The predicted molar refractivity (Wildman–Crippen MR) is 148 cm³/mol. The minimum Gasteiger partial charge on any atom is -0.244 e. The van der Waals surface area contributed by atoms with Crippen LogP contribution in [0.3, 0.4) is 0 Å². The lowest BCUT2D eigenvalue weighted by Gasteiger charge is -2.15. The van der Waals surface area contributed by atoms with Gasteiger partial charge in [0.15, 0.2) is 5.82 Å². The molecule has 244 valence electrons. The van der Waals surface area contributed by atoms with E-state index in [1.54, 1.807) is 0 Å². The lowest BCUT2D eigenvalue weighted by Crippen LogP contribution is -2.14. The van der Waals surface area contributed by atoms with Crippen molar-refractivity contribution in [2.45, 2.75) is 25.5 Å². The van der Waals surface area contributed by atoms with Crippen molar-refractivity contribution in [1.29, 1.82) is 21.0 Å². The van der Waals surface area contributed by atoms with Crippen molar-refractivity contribution in [3.8, 4) is 24.3 Å². The molecule has 0 amide bonds. The van der Waals surface area contributed by atoms with Crippen LogP contribution >= 0.6 is 0 Å². The summed E-state index contributed by atoms with van der Waals surface area (Å²) in [6.45, 7) is 1.24. The Morgan fingerprint density at radius 1 is 0.531 bits per heavy atom. The summed E-state index contributed by atoms with van der Waals surface area (Å²) < 4.78 is 156. The quantitative estimate of drug-likeness (QED) is 0.197. The van der Waals surface area contributed by atoms with E-state index in [9.17, 15) is 60.6 Å². The van der Waals surface area contributed by atoms with E-state index in [0.29, 0.717) is 6.07 Å². The fourth-order valence-corrected chi connectivity index (χ4v) is 5.26. The van der Waals surface area contributed by atoms with E-state index < -0.39 is 114 Å². The van der Waals surface area contributed by atoms with Crippen molar-refractivity contribution in [3.63, 3.8) is 0 Å². The van der Waals surface area contributed by atoms with Gasteiger partial charge in [0, 0.05) is 22.3 Å². The Balaban J connectivity index is 1.90. The van der Waals surface area contributed by atoms with Crippen LogP contribution < -0.4 is 0 Å². The Hall–Kier alpha value is -6.33. The number of aliphatic imine (C=N–C) groups is 2. The summed E-state index contributed by atoms with van der Waals surface area (Å²) in [5.74, 6) is -3.34. The first-order valence-electron chi connectivity index (χ1n) is 13.1. The molecule has 2 aliphatic heterocycles. The minimum absolute atomic E-state index is 0.0202. The molecule has 0 spiro atoms. The Labute approximate surface area is 266 Å². The summed E-state index contributed by atoms with van der Waals surface area (Å²) >= 11 is 0. The molecule has 5 rings (SSSR count). The van der Waals surface area contributed by atoms with E-state index in [0.717, 1.165) is 12.1 Å². The normalized spacial score (nSPS) is 13.8. The van der Waals surface area contributed by atoms with Crippen LogP contribution in [0.5, 0.6) is 0 Å². The maximum Gasteiger partial charge on any atom is 0.416 e. The first-order chi connectivity index (χ1) is 22.8. The zero-order valence-corrected chi connectivity index (χ0v) is 23.8. The van der Waals surface area contributed by atoms with Gasteiger partial charge in [-0.05, 0) is 48.9 Å². The molecule has 0 aromatic heterocycles. The Kier molecular flexibility index (Phi) is 7.93. The van der Waals surface area contributed by atoms with E-state index in [2.05, 4.69) is 9.98 Å². The third-order valence-corrected chi connectivity index (χ3v) is 7.24. The van der Waals surface area contributed by atoms with Crippen LogP contribution in [-0.4, -0.2) is 11.4 Å². The molecule has 0 saturated heterocycles. The number of rotatable bonds is 2. The number of halogens is 11. The van der Waals surface area contributed by atoms with Crippen LogP contribution in [0, 0.1) is 63.9 Å². The summed E-state index contributed by atoms with van der Waals surface area (Å²) in [6, 6.07) is 7.86. The van der Waals surface area contributed by atoms with Gasteiger partial charge in [0.05, 0.1) is 39.2 Å². The van der Waals surface area contributed by atoms with Gasteiger partial charge in [-0.3, -0.25) is 0 Å². The van der Waals surface area contributed by atoms with Crippen LogP contribution in [0.25, 0.3) is 11.1 Å². The molecule has 0 atom stereocenters. The second-order valence-electron chi connectivity index (χ2n) is 10.3. The molecule has 49 heavy (non-hydrogen) atoms. The van der Waals surface area contributed by atoms with Gasteiger partial charge in [0.2, 0.25) is 0 Å². The molecule has 0 unspecified atom stereocenters. The highest BCUT2D eigenvalue weighted by molar-refractivity contribution is 6.40. The highest BCUT2D eigenvalue weighted by Crippen LogP contribution is 2.52. The maximum atomic E-state index is 16.7. The topological polar surface area (TPSA) is 120 Å². The van der Waals surface area contributed by atoms with Crippen molar-refractivity contribution in [1.82, 2.24) is 0 Å². The van der Waals surface area contributed by atoms with Crippen LogP contribution in [0.1, 0.15) is 44.5 Å². The molecule has 0 fully saturated rings. The number of alkyl halides is 9. The van der Waals surface area contributed by atoms with Gasteiger partial charge in [-0.25, -0.2) is 18.8 Å². The van der Waals surface area contributed by atoms with Gasteiger partial charge >= 0.3 is 18.5 Å². The average Bonchev–Trinajstić information content (AvgIpc) is 3.61. The monoisotopic (exact) mass is 686 g/mol. The van der Waals surface area contributed by atoms with Gasteiger partial charge in [-0.2, -0.15) is 60.6 Å². The molecule has 0 saturated carbocycles. The first-order valence-corrected chi connectivity index (χ1v) is 13.1. The molecule has 2 aliphatic rings. The van der Waals surface area contributed by atoms with Gasteiger partial charge in [0.25, 0.3) is 0 Å². The van der Waals surface area contributed by atoms with Crippen molar-refractivity contribution in [2.75, 3.05) is 0 Å². The third kappa shape index (κ3) is 5.66. The van der Waals surface area contributed by atoms with Crippen molar-refractivity contribution in [3.05, 3.63) is 104 Å². The second-order valence-corrected chi connectivity index (χ2v) is 10.3. The fraction of sp³-hybridized carbons (Fsp3) is 0.125. The second kappa shape index (κ2) is 11.4. The van der Waals surface area contributed by atoms with Gasteiger partial charge in [-0.1, -0.05) is 0 Å². The van der Waals surface area contributed by atoms with E-state index >= 15 is 8.78 Å². The lowest BCUT2D eigenvalue weighted by atomic mass is 9.87. The van der Waals surface area contributed by atoms with Crippen molar-refractivity contribution < 1.29 is 48.3 Å². The van der Waals surface area contributed by atoms with Crippen LogP contribution in [0.15, 0.2) is 57.5 Å². The summed E-state index contributed by atoms with van der Waals surface area (Å²) in [5, 5.41) is 38.7. The van der Waals surface area contributed by atoms with E-state index in [-0.39, 0.29) is 23.8 Å². The van der Waals surface area contributed by atoms with E-state index in [1.807, 2.05) is 0 Å². The van der Waals surface area contributed by atoms with Crippen molar-refractivity contribution in [2.24, 2.45) is 9.98 Å². The smallest absolute Gasteiger partial charge is 0.244 e. The number of benzene rings is 3. The van der Waals surface area contributed by atoms with Crippen LogP contribution in [0.4, 0.5) is 59.7 Å². The number of nitriles is 4.